The molecule has 2 rings (SSSR count). The third-order valence-electron chi connectivity index (χ3n) is 3.41. The summed E-state index contributed by atoms with van der Waals surface area (Å²) >= 11 is 0. The molecule has 1 aliphatic heterocycles. The number of ether oxygens (including phenoxy) is 1. The minimum Gasteiger partial charge on any atom is -0.381 e. The van der Waals surface area contributed by atoms with E-state index in [1.807, 2.05) is 6.92 Å². The minimum absolute atomic E-state index is 0.175. The van der Waals surface area contributed by atoms with Crippen molar-refractivity contribution < 1.29 is 13.5 Å². The van der Waals surface area contributed by atoms with E-state index in [2.05, 4.69) is 5.32 Å². The molecule has 1 heterocycles. The third kappa shape index (κ3) is 2.87. The average molecular weight is 255 g/mol. The van der Waals surface area contributed by atoms with Crippen molar-refractivity contribution in [2.75, 3.05) is 19.8 Å². The largest absolute Gasteiger partial charge is 0.381 e. The van der Waals surface area contributed by atoms with E-state index in [0.29, 0.717) is 12.2 Å². The highest BCUT2D eigenvalue weighted by molar-refractivity contribution is 5.23. The Bertz CT molecular complexity index is 391. The highest BCUT2D eigenvalue weighted by atomic mass is 19.2. The molecule has 0 aliphatic carbocycles. The van der Waals surface area contributed by atoms with Crippen molar-refractivity contribution in [1.29, 1.82) is 0 Å². The summed E-state index contributed by atoms with van der Waals surface area (Å²) in [6.45, 7) is 4.06. The topological polar surface area (TPSA) is 21.3 Å². The number of nitrogens with one attached hydrogen (secondary N) is 1. The molecule has 4 heteroatoms. The highest BCUT2D eigenvalue weighted by Gasteiger charge is 2.27. The van der Waals surface area contributed by atoms with Crippen molar-refractivity contribution in [2.24, 2.45) is 5.92 Å². The van der Waals surface area contributed by atoms with Gasteiger partial charge in [-0.3, -0.25) is 0 Å². The summed E-state index contributed by atoms with van der Waals surface area (Å²) in [5, 5.41) is 3.25. The summed E-state index contributed by atoms with van der Waals surface area (Å²) in [6, 6.07) is 4.19. The van der Waals surface area contributed by atoms with Gasteiger partial charge in [0.2, 0.25) is 0 Å². The van der Waals surface area contributed by atoms with Gasteiger partial charge in [0, 0.05) is 24.1 Å². The van der Waals surface area contributed by atoms with Crippen LogP contribution in [0, 0.1) is 17.6 Å². The molecule has 0 saturated carbocycles. The lowest BCUT2D eigenvalue weighted by Crippen LogP contribution is -2.34. The zero-order valence-electron chi connectivity index (χ0n) is 10.6. The smallest absolute Gasteiger partial charge is 0.163 e. The SMILES string of the molecule is CCNC(c1cccc(F)c1F)C1CCCOC1. The van der Waals surface area contributed by atoms with Crippen LogP contribution in [0.15, 0.2) is 18.2 Å². The number of hydrogen-bond donors (Lipinski definition) is 1. The van der Waals surface area contributed by atoms with Crippen LogP contribution in [-0.2, 0) is 4.74 Å². The standard InChI is InChI=1S/C14H19F2NO/c1-2-17-14(10-5-4-8-18-9-10)11-6-3-7-12(15)13(11)16/h3,6-7,10,14,17H,2,4-5,8-9H2,1H3. The van der Waals surface area contributed by atoms with E-state index in [1.54, 1.807) is 12.1 Å². The van der Waals surface area contributed by atoms with Gasteiger partial charge in [0.15, 0.2) is 11.6 Å². The highest BCUT2D eigenvalue weighted by Crippen LogP contribution is 2.30. The molecule has 1 aromatic rings. The lowest BCUT2D eigenvalue weighted by molar-refractivity contribution is 0.0386. The predicted molar refractivity (Wildman–Crippen MR) is 66.3 cm³/mol. The first-order valence-corrected chi connectivity index (χ1v) is 6.49. The van der Waals surface area contributed by atoms with Gasteiger partial charge in [-0.1, -0.05) is 19.1 Å². The zero-order chi connectivity index (χ0) is 13.0. The van der Waals surface area contributed by atoms with E-state index in [0.717, 1.165) is 32.1 Å². The first-order chi connectivity index (χ1) is 8.74. The van der Waals surface area contributed by atoms with Gasteiger partial charge in [-0.05, 0) is 25.5 Å². The van der Waals surface area contributed by atoms with Gasteiger partial charge in [-0.15, -0.1) is 0 Å². The molecule has 1 N–H and O–H groups in total. The maximum atomic E-state index is 13.9. The molecule has 0 aromatic heterocycles. The van der Waals surface area contributed by atoms with Gasteiger partial charge in [-0.2, -0.15) is 0 Å². The third-order valence-corrected chi connectivity index (χ3v) is 3.41. The fourth-order valence-electron chi connectivity index (χ4n) is 2.54. The summed E-state index contributed by atoms with van der Waals surface area (Å²) in [6.07, 6.45) is 1.96. The number of rotatable bonds is 4. The van der Waals surface area contributed by atoms with Gasteiger partial charge >= 0.3 is 0 Å². The first-order valence-electron chi connectivity index (χ1n) is 6.49. The number of hydrogen-bond acceptors (Lipinski definition) is 2. The predicted octanol–water partition coefficient (Wildman–Crippen LogP) is 3.04. The molecule has 1 aromatic carbocycles. The lowest BCUT2D eigenvalue weighted by Gasteiger charge is -2.31. The van der Waals surface area contributed by atoms with Crippen LogP contribution in [-0.4, -0.2) is 19.8 Å². The molecule has 1 saturated heterocycles. The van der Waals surface area contributed by atoms with Crippen LogP contribution in [0.2, 0.25) is 0 Å². The Morgan fingerprint density at radius 1 is 1.44 bits per heavy atom. The van der Waals surface area contributed by atoms with Crippen molar-refractivity contribution >= 4 is 0 Å². The van der Waals surface area contributed by atoms with Crippen LogP contribution in [0.1, 0.15) is 31.4 Å². The van der Waals surface area contributed by atoms with Gasteiger partial charge in [0.1, 0.15) is 0 Å². The van der Waals surface area contributed by atoms with Crippen molar-refractivity contribution in [3.8, 4) is 0 Å². The van der Waals surface area contributed by atoms with Gasteiger partial charge in [-0.25, -0.2) is 8.78 Å². The molecular weight excluding hydrogens is 236 g/mol. The maximum Gasteiger partial charge on any atom is 0.163 e. The Balaban J connectivity index is 2.25. The lowest BCUT2D eigenvalue weighted by atomic mass is 9.88. The van der Waals surface area contributed by atoms with Crippen LogP contribution in [0.5, 0.6) is 0 Å². The monoisotopic (exact) mass is 255 g/mol. The van der Waals surface area contributed by atoms with E-state index in [1.165, 1.54) is 0 Å². The second-order valence-electron chi connectivity index (χ2n) is 4.66. The summed E-state index contributed by atoms with van der Waals surface area (Å²) in [4.78, 5) is 0. The molecule has 18 heavy (non-hydrogen) atoms. The van der Waals surface area contributed by atoms with Gasteiger partial charge < -0.3 is 10.1 Å². The van der Waals surface area contributed by atoms with Crippen molar-refractivity contribution in [3.05, 3.63) is 35.4 Å². The van der Waals surface area contributed by atoms with Crippen molar-refractivity contribution in [3.63, 3.8) is 0 Å². The Morgan fingerprint density at radius 2 is 2.28 bits per heavy atom. The molecular formula is C14H19F2NO. The summed E-state index contributed by atoms with van der Waals surface area (Å²) in [5.74, 6) is -1.32. The minimum atomic E-state index is -0.785. The van der Waals surface area contributed by atoms with Crippen LogP contribution in [0.25, 0.3) is 0 Å². The quantitative estimate of drug-likeness (QED) is 0.893. The molecule has 2 atom stereocenters. The van der Waals surface area contributed by atoms with Gasteiger partial charge in [0.05, 0.1) is 6.61 Å². The van der Waals surface area contributed by atoms with Crippen LogP contribution >= 0.6 is 0 Å². The molecule has 0 radical (unpaired) electrons. The van der Waals surface area contributed by atoms with Crippen molar-refractivity contribution in [2.45, 2.75) is 25.8 Å². The summed E-state index contributed by atoms with van der Waals surface area (Å²) in [7, 11) is 0. The molecule has 2 unspecified atom stereocenters. The summed E-state index contributed by atoms with van der Waals surface area (Å²) in [5.41, 5.74) is 0.410. The van der Waals surface area contributed by atoms with E-state index >= 15 is 0 Å². The molecule has 0 amide bonds. The van der Waals surface area contributed by atoms with E-state index in [9.17, 15) is 8.78 Å². The normalized spacial score (nSPS) is 21.8. The average Bonchev–Trinajstić information content (AvgIpc) is 2.41. The second-order valence-corrected chi connectivity index (χ2v) is 4.66. The number of benzene rings is 1. The van der Waals surface area contributed by atoms with Crippen LogP contribution in [0.3, 0.4) is 0 Å². The van der Waals surface area contributed by atoms with E-state index < -0.39 is 11.6 Å². The molecule has 0 spiro atoms. The Kier molecular flexibility index (Phi) is 4.66. The van der Waals surface area contributed by atoms with E-state index in [4.69, 9.17) is 4.74 Å². The van der Waals surface area contributed by atoms with E-state index in [-0.39, 0.29) is 12.0 Å². The summed E-state index contributed by atoms with van der Waals surface area (Å²) < 4.78 is 32.6. The Labute approximate surface area is 106 Å². The molecule has 2 nitrogen and oxygen atoms in total. The fourth-order valence-corrected chi connectivity index (χ4v) is 2.54. The Hall–Kier alpha value is -1.00. The molecule has 0 bridgehead atoms. The Morgan fingerprint density at radius 3 is 2.94 bits per heavy atom. The van der Waals surface area contributed by atoms with Crippen LogP contribution < -0.4 is 5.32 Å². The van der Waals surface area contributed by atoms with Crippen molar-refractivity contribution in [1.82, 2.24) is 5.32 Å². The fraction of sp³-hybridized carbons (Fsp3) is 0.571. The maximum absolute atomic E-state index is 13.9. The van der Waals surface area contributed by atoms with Gasteiger partial charge in [0.25, 0.3) is 0 Å². The number of halogens is 2. The first kappa shape index (κ1) is 13.4. The molecule has 1 fully saturated rings. The zero-order valence-corrected chi connectivity index (χ0v) is 10.6. The van der Waals surface area contributed by atoms with Crippen LogP contribution in [0.4, 0.5) is 8.78 Å². The molecule has 100 valence electrons. The second kappa shape index (κ2) is 6.25. The molecule has 1 aliphatic rings.